The Morgan fingerprint density at radius 3 is 2.50 bits per heavy atom. The fourth-order valence-electron chi connectivity index (χ4n) is 2.94. The first-order chi connectivity index (χ1) is 9.68. The highest BCUT2D eigenvalue weighted by molar-refractivity contribution is 5.85. The van der Waals surface area contributed by atoms with Crippen LogP contribution in [-0.2, 0) is 4.74 Å². The monoisotopic (exact) mass is 272 g/mol. The molecule has 2 aromatic rings. The fraction of sp³-hybridized carbons (Fsp3) is 0.471. The molecule has 1 aromatic carbocycles. The molecule has 0 aliphatic carbocycles. The molecule has 0 amide bonds. The maximum Gasteiger partial charge on any atom is 0.0869 e. The minimum Gasteiger partial charge on any atom is -0.373 e. The average Bonchev–Trinajstić information content (AvgIpc) is 2.51. The summed E-state index contributed by atoms with van der Waals surface area (Å²) in [6.07, 6.45) is 5.54. The quantitative estimate of drug-likeness (QED) is 0.869. The van der Waals surface area contributed by atoms with Gasteiger partial charge in [0.2, 0.25) is 0 Å². The summed E-state index contributed by atoms with van der Waals surface area (Å²) in [7, 11) is 0. The number of aromatic nitrogens is 1. The van der Waals surface area contributed by atoms with Gasteiger partial charge in [-0.25, -0.2) is 0 Å². The molecule has 2 rings (SSSR count). The number of nitrogens with zero attached hydrogens (tertiary/aromatic N) is 1. The van der Waals surface area contributed by atoms with Crippen LogP contribution < -0.4 is 5.73 Å². The minimum absolute atomic E-state index is 0.170. The first kappa shape index (κ1) is 14.9. The Kier molecular flexibility index (Phi) is 4.73. The second-order valence-electron chi connectivity index (χ2n) is 5.13. The van der Waals surface area contributed by atoms with E-state index in [9.17, 15) is 0 Å². The lowest BCUT2D eigenvalue weighted by Gasteiger charge is -2.37. The number of hydrogen-bond donors (Lipinski definition) is 1. The van der Waals surface area contributed by atoms with E-state index in [-0.39, 0.29) is 11.6 Å². The van der Waals surface area contributed by atoms with Crippen molar-refractivity contribution in [1.82, 2.24) is 4.98 Å². The van der Waals surface area contributed by atoms with Crippen molar-refractivity contribution in [3.8, 4) is 0 Å². The van der Waals surface area contributed by atoms with Gasteiger partial charge in [0, 0.05) is 24.4 Å². The van der Waals surface area contributed by atoms with Crippen molar-refractivity contribution in [2.24, 2.45) is 5.73 Å². The third kappa shape index (κ3) is 2.56. The zero-order valence-corrected chi connectivity index (χ0v) is 12.6. The molecular formula is C17H24N2O. The van der Waals surface area contributed by atoms with Crippen LogP contribution in [0.3, 0.4) is 0 Å². The summed E-state index contributed by atoms with van der Waals surface area (Å²) in [6.45, 7) is 6.97. The van der Waals surface area contributed by atoms with Crippen molar-refractivity contribution in [2.45, 2.75) is 45.3 Å². The summed E-state index contributed by atoms with van der Waals surface area (Å²) >= 11 is 0. The van der Waals surface area contributed by atoms with Crippen LogP contribution >= 0.6 is 0 Å². The molecular weight excluding hydrogens is 248 g/mol. The zero-order valence-electron chi connectivity index (χ0n) is 12.6. The highest BCUT2D eigenvalue weighted by Gasteiger charge is 2.35. The largest absolute Gasteiger partial charge is 0.373 e. The summed E-state index contributed by atoms with van der Waals surface area (Å²) in [6, 6.07) is 8.07. The third-order valence-electron chi connectivity index (χ3n) is 4.23. The van der Waals surface area contributed by atoms with E-state index < -0.39 is 0 Å². The number of rotatable bonds is 6. The molecule has 108 valence electrons. The van der Waals surface area contributed by atoms with Gasteiger partial charge in [0.15, 0.2) is 0 Å². The van der Waals surface area contributed by atoms with Crippen molar-refractivity contribution in [3.05, 3.63) is 42.2 Å². The van der Waals surface area contributed by atoms with E-state index in [1.54, 1.807) is 0 Å². The molecule has 3 heteroatoms. The lowest BCUT2D eigenvalue weighted by Crippen LogP contribution is -2.43. The first-order valence-corrected chi connectivity index (χ1v) is 7.40. The summed E-state index contributed by atoms with van der Waals surface area (Å²) in [5.74, 6) is 0. The molecule has 0 fully saturated rings. The van der Waals surface area contributed by atoms with E-state index in [2.05, 4.69) is 31.0 Å². The molecule has 0 spiro atoms. The standard InChI is InChI=1S/C17H24N2O/c1-4-17(5-2,20-6-3)16(18)15-12-19-11-13-9-7-8-10-14(13)15/h7-12,16H,4-6,18H2,1-3H3. The molecule has 1 heterocycles. The van der Waals surface area contributed by atoms with Crippen molar-refractivity contribution in [1.29, 1.82) is 0 Å². The van der Waals surface area contributed by atoms with Crippen molar-refractivity contribution < 1.29 is 4.74 Å². The SMILES string of the molecule is CCOC(CC)(CC)C(N)c1cncc2ccccc12. The topological polar surface area (TPSA) is 48.1 Å². The molecule has 0 radical (unpaired) electrons. The van der Waals surface area contributed by atoms with Gasteiger partial charge in [-0.2, -0.15) is 0 Å². The van der Waals surface area contributed by atoms with Gasteiger partial charge in [0.25, 0.3) is 0 Å². The van der Waals surface area contributed by atoms with Crippen molar-refractivity contribution in [2.75, 3.05) is 6.61 Å². The summed E-state index contributed by atoms with van der Waals surface area (Å²) in [5, 5.41) is 2.29. The van der Waals surface area contributed by atoms with E-state index in [0.29, 0.717) is 6.61 Å². The summed E-state index contributed by atoms with van der Waals surface area (Å²) < 4.78 is 6.04. The Morgan fingerprint density at radius 1 is 1.15 bits per heavy atom. The first-order valence-electron chi connectivity index (χ1n) is 7.40. The van der Waals surface area contributed by atoms with Gasteiger partial charge in [-0.15, -0.1) is 0 Å². The maximum atomic E-state index is 6.58. The molecule has 1 unspecified atom stereocenters. The Hall–Kier alpha value is -1.45. The van der Waals surface area contributed by atoms with E-state index in [1.165, 1.54) is 5.39 Å². The van der Waals surface area contributed by atoms with Crippen LogP contribution in [0.5, 0.6) is 0 Å². The number of nitrogens with two attached hydrogens (primary N) is 1. The van der Waals surface area contributed by atoms with Gasteiger partial charge in [0.1, 0.15) is 0 Å². The molecule has 2 N–H and O–H groups in total. The molecule has 0 aliphatic rings. The highest BCUT2D eigenvalue weighted by Crippen LogP contribution is 2.36. The Labute approximate surface area is 121 Å². The van der Waals surface area contributed by atoms with Gasteiger partial charge in [-0.05, 0) is 30.7 Å². The van der Waals surface area contributed by atoms with Gasteiger partial charge in [0.05, 0.1) is 11.6 Å². The molecule has 0 bridgehead atoms. The number of ether oxygens (including phenoxy) is 1. The van der Waals surface area contributed by atoms with Crippen LogP contribution in [0.15, 0.2) is 36.7 Å². The Bertz CT molecular complexity index is 558. The molecule has 20 heavy (non-hydrogen) atoms. The number of benzene rings is 1. The van der Waals surface area contributed by atoms with Crippen LogP contribution in [0.1, 0.15) is 45.2 Å². The molecule has 0 saturated heterocycles. The molecule has 1 aromatic heterocycles. The van der Waals surface area contributed by atoms with E-state index in [1.807, 2.05) is 31.5 Å². The summed E-state index contributed by atoms with van der Waals surface area (Å²) in [5.41, 5.74) is 7.33. The highest BCUT2D eigenvalue weighted by atomic mass is 16.5. The van der Waals surface area contributed by atoms with Gasteiger partial charge in [-0.3, -0.25) is 4.98 Å². The van der Waals surface area contributed by atoms with Gasteiger partial charge in [-0.1, -0.05) is 38.1 Å². The van der Waals surface area contributed by atoms with Crippen LogP contribution in [0, 0.1) is 0 Å². The lowest BCUT2D eigenvalue weighted by atomic mass is 9.83. The average molecular weight is 272 g/mol. The van der Waals surface area contributed by atoms with Gasteiger partial charge >= 0.3 is 0 Å². The number of pyridine rings is 1. The van der Waals surface area contributed by atoms with E-state index in [4.69, 9.17) is 10.5 Å². The van der Waals surface area contributed by atoms with E-state index in [0.717, 1.165) is 23.8 Å². The van der Waals surface area contributed by atoms with Crippen LogP contribution in [-0.4, -0.2) is 17.2 Å². The lowest BCUT2D eigenvalue weighted by molar-refractivity contribution is -0.0643. The number of hydrogen-bond acceptors (Lipinski definition) is 3. The summed E-state index contributed by atoms with van der Waals surface area (Å²) in [4.78, 5) is 4.34. The maximum absolute atomic E-state index is 6.58. The van der Waals surface area contributed by atoms with Crippen LogP contribution in [0.2, 0.25) is 0 Å². The Morgan fingerprint density at radius 2 is 1.85 bits per heavy atom. The molecule has 3 nitrogen and oxygen atoms in total. The molecule has 0 saturated carbocycles. The smallest absolute Gasteiger partial charge is 0.0869 e. The minimum atomic E-state index is -0.319. The molecule has 1 atom stereocenters. The predicted molar refractivity (Wildman–Crippen MR) is 83.6 cm³/mol. The predicted octanol–water partition coefficient (Wildman–Crippen LogP) is 3.83. The zero-order chi connectivity index (χ0) is 14.6. The van der Waals surface area contributed by atoms with Crippen LogP contribution in [0.4, 0.5) is 0 Å². The molecule has 0 aliphatic heterocycles. The van der Waals surface area contributed by atoms with Crippen molar-refractivity contribution >= 4 is 10.8 Å². The second kappa shape index (κ2) is 6.33. The Balaban J connectivity index is 2.51. The number of fused-ring (bicyclic) bond motifs is 1. The normalized spacial score (nSPS) is 13.6. The fourth-order valence-corrected chi connectivity index (χ4v) is 2.94. The van der Waals surface area contributed by atoms with Crippen molar-refractivity contribution in [3.63, 3.8) is 0 Å². The second-order valence-corrected chi connectivity index (χ2v) is 5.13. The van der Waals surface area contributed by atoms with E-state index >= 15 is 0 Å². The van der Waals surface area contributed by atoms with Gasteiger partial charge < -0.3 is 10.5 Å². The third-order valence-corrected chi connectivity index (χ3v) is 4.23. The van der Waals surface area contributed by atoms with Crippen LogP contribution in [0.25, 0.3) is 10.8 Å².